The van der Waals surface area contributed by atoms with Gasteiger partial charge in [0.15, 0.2) is 13.2 Å². The molecule has 0 aliphatic carbocycles. The summed E-state index contributed by atoms with van der Waals surface area (Å²) in [4.78, 5) is 33.0. The van der Waals surface area contributed by atoms with Crippen molar-refractivity contribution in [2.24, 2.45) is 0 Å². The molecule has 0 radical (unpaired) electrons. The molecule has 0 aliphatic rings. The number of halogens is 2. The third-order valence-electron chi connectivity index (χ3n) is 1.98. The molecular formula is C12H12BrFN2O5. The summed E-state index contributed by atoms with van der Waals surface area (Å²) < 4.78 is 22.9. The molecule has 0 unspecified atom stereocenters. The zero-order valence-electron chi connectivity index (χ0n) is 10.9. The molecule has 1 aromatic rings. The maximum absolute atomic E-state index is 12.8. The lowest BCUT2D eigenvalue weighted by atomic mass is 10.3. The van der Waals surface area contributed by atoms with Gasteiger partial charge in [-0.3, -0.25) is 20.4 Å². The van der Waals surface area contributed by atoms with Crippen molar-refractivity contribution in [2.75, 3.05) is 13.2 Å². The van der Waals surface area contributed by atoms with Gasteiger partial charge >= 0.3 is 5.97 Å². The number of ether oxygens (including phenoxy) is 2. The van der Waals surface area contributed by atoms with E-state index in [0.717, 1.165) is 0 Å². The minimum Gasteiger partial charge on any atom is -0.481 e. The van der Waals surface area contributed by atoms with Crippen molar-refractivity contribution in [3.05, 3.63) is 28.5 Å². The molecule has 9 heteroatoms. The molecule has 0 atom stereocenters. The van der Waals surface area contributed by atoms with Gasteiger partial charge in [0.1, 0.15) is 11.6 Å². The summed E-state index contributed by atoms with van der Waals surface area (Å²) >= 11 is 3.07. The van der Waals surface area contributed by atoms with E-state index in [2.05, 4.69) is 20.7 Å². The van der Waals surface area contributed by atoms with Gasteiger partial charge in [0, 0.05) is 6.92 Å². The SMILES string of the molecule is CC(=O)NNC(=O)COC(=O)COc1ccc(F)cc1Br. The molecule has 0 spiro atoms. The zero-order valence-corrected chi connectivity index (χ0v) is 12.5. The van der Waals surface area contributed by atoms with Crippen LogP contribution in [0.2, 0.25) is 0 Å². The van der Waals surface area contributed by atoms with Gasteiger partial charge in [-0.25, -0.2) is 9.18 Å². The molecule has 7 nitrogen and oxygen atoms in total. The second-order valence-corrected chi connectivity index (χ2v) is 4.61. The average molecular weight is 363 g/mol. The van der Waals surface area contributed by atoms with Gasteiger partial charge in [-0.2, -0.15) is 0 Å². The average Bonchev–Trinajstić information content (AvgIpc) is 2.41. The van der Waals surface area contributed by atoms with Crippen molar-refractivity contribution < 1.29 is 28.2 Å². The van der Waals surface area contributed by atoms with Crippen molar-refractivity contribution >= 4 is 33.7 Å². The van der Waals surface area contributed by atoms with E-state index < -0.39 is 36.8 Å². The summed E-state index contributed by atoms with van der Waals surface area (Å²) in [5.41, 5.74) is 4.06. The number of hydrogen-bond donors (Lipinski definition) is 2. The Morgan fingerprint density at radius 3 is 2.57 bits per heavy atom. The molecule has 0 saturated heterocycles. The predicted octanol–water partition coefficient (Wildman–Crippen LogP) is 0.678. The second kappa shape index (κ2) is 8.20. The van der Waals surface area contributed by atoms with Crippen LogP contribution in [0.4, 0.5) is 4.39 Å². The summed E-state index contributed by atoms with van der Waals surface area (Å²) in [6, 6.07) is 3.70. The van der Waals surface area contributed by atoms with Crippen LogP contribution in [0, 0.1) is 5.82 Å². The van der Waals surface area contributed by atoms with Gasteiger partial charge < -0.3 is 9.47 Å². The van der Waals surface area contributed by atoms with E-state index in [4.69, 9.17) is 4.74 Å². The molecule has 0 fully saturated rings. The number of benzene rings is 1. The molecule has 0 heterocycles. The van der Waals surface area contributed by atoms with E-state index in [1.165, 1.54) is 25.1 Å². The lowest BCUT2D eigenvalue weighted by Crippen LogP contribution is -2.42. The van der Waals surface area contributed by atoms with Crippen molar-refractivity contribution in [3.8, 4) is 5.75 Å². The molecule has 1 rings (SSSR count). The molecule has 0 bridgehead atoms. The minimum atomic E-state index is -0.788. The Morgan fingerprint density at radius 1 is 1.24 bits per heavy atom. The van der Waals surface area contributed by atoms with Crippen LogP contribution in [-0.4, -0.2) is 31.0 Å². The van der Waals surface area contributed by atoms with E-state index in [0.29, 0.717) is 4.47 Å². The van der Waals surface area contributed by atoms with E-state index in [-0.39, 0.29) is 5.75 Å². The highest BCUT2D eigenvalue weighted by Crippen LogP contribution is 2.25. The van der Waals surface area contributed by atoms with Gasteiger partial charge in [-0.1, -0.05) is 0 Å². The summed E-state index contributed by atoms with van der Waals surface area (Å²) in [5, 5.41) is 0. The smallest absolute Gasteiger partial charge is 0.344 e. The van der Waals surface area contributed by atoms with Crippen LogP contribution in [0.1, 0.15) is 6.92 Å². The monoisotopic (exact) mass is 362 g/mol. The number of rotatable bonds is 5. The number of carbonyl (C=O) groups excluding carboxylic acids is 3. The molecule has 1 aromatic carbocycles. The first kappa shape index (κ1) is 16.9. The van der Waals surface area contributed by atoms with E-state index in [1.54, 1.807) is 0 Å². The number of carbonyl (C=O) groups is 3. The summed E-state index contributed by atoms with van der Waals surface area (Å²) in [6.45, 7) is 0.200. The number of esters is 1. The largest absolute Gasteiger partial charge is 0.481 e. The third kappa shape index (κ3) is 6.70. The van der Waals surface area contributed by atoms with Crippen LogP contribution in [0.3, 0.4) is 0 Å². The molecule has 114 valence electrons. The highest BCUT2D eigenvalue weighted by molar-refractivity contribution is 9.10. The number of hydrazine groups is 1. The van der Waals surface area contributed by atoms with Crippen LogP contribution < -0.4 is 15.6 Å². The maximum atomic E-state index is 12.8. The molecule has 0 aromatic heterocycles. The normalized spacial score (nSPS) is 9.67. The second-order valence-electron chi connectivity index (χ2n) is 3.75. The van der Waals surface area contributed by atoms with E-state index in [1.807, 2.05) is 10.9 Å². The van der Waals surface area contributed by atoms with Crippen molar-refractivity contribution in [2.45, 2.75) is 6.92 Å². The molecule has 21 heavy (non-hydrogen) atoms. The van der Waals surface area contributed by atoms with Gasteiger partial charge in [-0.05, 0) is 34.1 Å². The van der Waals surface area contributed by atoms with Gasteiger partial charge in [0.05, 0.1) is 4.47 Å². The number of nitrogens with one attached hydrogen (secondary N) is 2. The quantitative estimate of drug-likeness (QED) is 0.593. The van der Waals surface area contributed by atoms with Gasteiger partial charge in [0.2, 0.25) is 5.91 Å². The Kier molecular flexibility index (Phi) is 6.60. The fourth-order valence-corrected chi connectivity index (χ4v) is 1.58. The molecule has 2 amide bonds. The highest BCUT2D eigenvalue weighted by Gasteiger charge is 2.10. The van der Waals surface area contributed by atoms with Crippen LogP contribution in [-0.2, 0) is 19.1 Å². The Bertz CT molecular complexity index is 552. The first-order chi connectivity index (χ1) is 9.88. The Hall–Kier alpha value is -2.16. The van der Waals surface area contributed by atoms with Crippen LogP contribution in [0.15, 0.2) is 22.7 Å². The Balaban J connectivity index is 2.31. The Morgan fingerprint density at radius 2 is 1.95 bits per heavy atom. The van der Waals surface area contributed by atoms with Gasteiger partial charge in [0.25, 0.3) is 5.91 Å². The molecule has 0 saturated carbocycles. The fraction of sp³-hybridized carbons (Fsp3) is 0.250. The first-order valence-corrected chi connectivity index (χ1v) is 6.46. The highest BCUT2D eigenvalue weighted by atomic mass is 79.9. The van der Waals surface area contributed by atoms with Crippen molar-refractivity contribution in [3.63, 3.8) is 0 Å². The third-order valence-corrected chi connectivity index (χ3v) is 2.60. The van der Waals surface area contributed by atoms with Crippen molar-refractivity contribution in [1.29, 1.82) is 0 Å². The maximum Gasteiger partial charge on any atom is 0.344 e. The number of hydrogen-bond acceptors (Lipinski definition) is 5. The Labute approximate surface area is 127 Å². The molecule has 0 aliphatic heterocycles. The minimum absolute atomic E-state index is 0.260. The molecule has 2 N–H and O–H groups in total. The topological polar surface area (TPSA) is 93.7 Å². The van der Waals surface area contributed by atoms with E-state index in [9.17, 15) is 18.8 Å². The van der Waals surface area contributed by atoms with Crippen molar-refractivity contribution in [1.82, 2.24) is 10.9 Å². The summed E-state index contributed by atoms with van der Waals surface area (Å²) in [7, 11) is 0. The van der Waals surface area contributed by atoms with Crippen LogP contribution >= 0.6 is 15.9 Å². The molecular weight excluding hydrogens is 351 g/mol. The number of amides is 2. The predicted molar refractivity (Wildman–Crippen MR) is 72.5 cm³/mol. The zero-order chi connectivity index (χ0) is 15.8. The van der Waals surface area contributed by atoms with E-state index >= 15 is 0 Å². The van der Waals surface area contributed by atoms with Crippen LogP contribution in [0.5, 0.6) is 5.75 Å². The summed E-state index contributed by atoms with van der Waals surface area (Å²) in [6.07, 6.45) is 0. The van der Waals surface area contributed by atoms with Gasteiger partial charge in [-0.15, -0.1) is 0 Å². The fourth-order valence-electron chi connectivity index (χ4n) is 1.11. The lowest BCUT2D eigenvalue weighted by molar-refractivity contribution is -0.150. The first-order valence-electron chi connectivity index (χ1n) is 5.67. The summed E-state index contributed by atoms with van der Waals surface area (Å²) in [5.74, 6) is -2.13. The lowest BCUT2D eigenvalue weighted by Gasteiger charge is -2.09. The van der Waals surface area contributed by atoms with Crippen LogP contribution in [0.25, 0.3) is 0 Å². The standard InChI is InChI=1S/C12H12BrFN2O5/c1-7(17)15-16-11(18)5-21-12(19)6-20-10-3-2-8(14)4-9(10)13/h2-4H,5-6H2,1H3,(H,15,17)(H,16,18).